The Morgan fingerprint density at radius 3 is 1.90 bits per heavy atom. The molecule has 0 aromatic carbocycles. The minimum atomic E-state index is -1.86. The minimum absolute atomic E-state index is 0.142. The van der Waals surface area contributed by atoms with Gasteiger partial charge in [-0.3, -0.25) is 4.79 Å². The molecule has 0 bridgehead atoms. The summed E-state index contributed by atoms with van der Waals surface area (Å²) in [6.45, 7) is 11.7. The Balaban J connectivity index is 0.958. The molecular weight excluding hydrogens is 1020 g/mol. The fraction of sp³-hybridized carbons (Fsp3) is 0.943. The molecule has 4 saturated heterocycles. The van der Waals surface area contributed by atoms with Gasteiger partial charge in [-0.25, -0.2) is 0 Å². The first kappa shape index (κ1) is 59.9. The normalized spacial score (nSPS) is 55.7. The van der Waals surface area contributed by atoms with Gasteiger partial charge in [-0.1, -0.05) is 53.2 Å². The Bertz CT molecular complexity index is 2140. The van der Waals surface area contributed by atoms with E-state index in [4.69, 9.17) is 37.9 Å². The molecule has 24 heteroatoms. The fourth-order valence-electron chi connectivity index (χ4n) is 16.3. The van der Waals surface area contributed by atoms with Crippen molar-refractivity contribution in [1.82, 2.24) is 0 Å². The Hall–Kier alpha value is -1.67. The van der Waals surface area contributed by atoms with E-state index in [1.807, 2.05) is 0 Å². The molecule has 4 aliphatic heterocycles. The van der Waals surface area contributed by atoms with E-state index in [1.54, 1.807) is 6.92 Å². The van der Waals surface area contributed by atoms with Gasteiger partial charge in [0, 0.05) is 5.41 Å². The standard InChI is InChI=1S/C53H86O24/c1-21-31(59)35(63)39(67)44(72-21)75-41-32(60)25(57)18-70-46(41)77-47(69)53-13-12-48(2,3)14-23(53)22-8-9-29-49(4)15-24(56)42(50(5,20-55)28(49)10-11-51(29,6)52(22,7)16-30(53)58)76-45-40(68)37(65)34(62)27(74-45)19-71-43-38(66)36(64)33(61)26(17-54)73-43/h8,21,23-46,54-68H,9-20H2,1-7H3/t21-,23-,24-,25-,26+,27+,28+,29+,30+,31-,32-,33+,34+,35+,36-,37-,38+,39+,40+,41+,42-,43+,44-,45-,46-,49-,50-,51+,52+,53+/m0/s1. The third kappa shape index (κ3) is 9.59. The van der Waals surface area contributed by atoms with Crippen LogP contribution in [0.2, 0.25) is 0 Å². The average molecular weight is 1110 g/mol. The second kappa shape index (κ2) is 21.5. The van der Waals surface area contributed by atoms with Gasteiger partial charge in [-0.05, 0) is 97.7 Å². The van der Waals surface area contributed by atoms with Crippen LogP contribution in [0, 0.1) is 50.2 Å². The van der Waals surface area contributed by atoms with Gasteiger partial charge in [0.2, 0.25) is 6.29 Å². The molecule has 77 heavy (non-hydrogen) atoms. The number of allylic oxidation sites excluding steroid dienone is 2. The van der Waals surface area contributed by atoms with Crippen molar-refractivity contribution in [2.45, 2.75) is 235 Å². The number of carbonyl (C=O) groups is 1. The third-order valence-electron chi connectivity index (χ3n) is 21.1. The van der Waals surface area contributed by atoms with Crippen molar-refractivity contribution in [3.8, 4) is 0 Å². The van der Waals surface area contributed by atoms with Crippen molar-refractivity contribution in [1.29, 1.82) is 0 Å². The zero-order valence-corrected chi connectivity index (χ0v) is 44.9. The van der Waals surface area contributed by atoms with E-state index in [0.29, 0.717) is 32.1 Å². The summed E-state index contributed by atoms with van der Waals surface area (Å²) in [6, 6.07) is 0. The van der Waals surface area contributed by atoms with Gasteiger partial charge in [-0.2, -0.15) is 0 Å². The van der Waals surface area contributed by atoms with Crippen LogP contribution in [-0.2, 0) is 42.7 Å². The summed E-state index contributed by atoms with van der Waals surface area (Å²) in [6.07, 6.45) is -29.1. The van der Waals surface area contributed by atoms with E-state index in [-0.39, 0.29) is 36.5 Å². The summed E-state index contributed by atoms with van der Waals surface area (Å²) < 4.78 is 47.0. The number of rotatable bonds is 11. The summed E-state index contributed by atoms with van der Waals surface area (Å²) in [4.78, 5) is 15.2. The average Bonchev–Trinajstić information content (AvgIpc) is 3.47. The molecule has 442 valence electrons. The molecule has 30 atom stereocenters. The van der Waals surface area contributed by atoms with Crippen molar-refractivity contribution in [3.05, 3.63) is 11.6 Å². The number of ether oxygens (including phenoxy) is 8. The number of esters is 1. The maximum absolute atomic E-state index is 15.2. The Morgan fingerprint density at radius 1 is 0.636 bits per heavy atom. The summed E-state index contributed by atoms with van der Waals surface area (Å²) in [5.41, 5.74) is -3.98. The number of aliphatic hydroxyl groups excluding tert-OH is 15. The lowest BCUT2D eigenvalue weighted by atomic mass is 9.33. The predicted molar refractivity (Wildman–Crippen MR) is 260 cm³/mol. The van der Waals surface area contributed by atoms with E-state index in [0.717, 1.165) is 5.57 Å². The topological polar surface area (TPSA) is 394 Å². The molecule has 4 heterocycles. The third-order valence-corrected chi connectivity index (χ3v) is 21.1. The predicted octanol–water partition coefficient (Wildman–Crippen LogP) is -3.45. The molecule has 9 aliphatic rings. The van der Waals surface area contributed by atoms with Crippen LogP contribution in [0.4, 0.5) is 0 Å². The van der Waals surface area contributed by atoms with E-state index in [9.17, 15) is 76.6 Å². The molecule has 9 rings (SSSR count). The Labute approximate surface area is 447 Å². The molecule has 24 nitrogen and oxygen atoms in total. The van der Waals surface area contributed by atoms with Gasteiger partial charge in [-0.15, -0.1) is 0 Å². The second-order valence-electron chi connectivity index (χ2n) is 26.0. The van der Waals surface area contributed by atoms with E-state index in [1.165, 1.54) is 6.92 Å². The first-order valence-electron chi connectivity index (χ1n) is 27.4. The largest absolute Gasteiger partial charge is 0.432 e. The van der Waals surface area contributed by atoms with Crippen LogP contribution in [0.3, 0.4) is 0 Å². The van der Waals surface area contributed by atoms with E-state index >= 15 is 4.79 Å². The van der Waals surface area contributed by atoms with E-state index < -0.39 is 200 Å². The second-order valence-corrected chi connectivity index (χ2v) is 26.0. The Kier molecular flexibility index (Phi) is 16.7. The van der Waals surface area contributed by atoms with Gasteiger partial charge in [0.15, 0.2) is 25.0 Å². The number of fused-ring (bicyclic) bond motifs is 7. The smallest absolute Gasteiger partial charge is 0.317 e. The van der Waals surface area contributed by atoms with Crippen LogP contribution in [-0.4, -0.2) is 244 Å². The zero-order chi connectivity index (χ0) is 56.4. The minimum Gasteiger partial charge on any atom is -0.432 e. The van der Waals surface area contributed by atoms with Crippen molar-refractivity contribution in [2.24, 2.45) is 50.2 Å². The highest BCUT2D eigenvalue weighted by Crippen LogP contribution is 2.76. The molecule has 0 aromatic rings. The molecule has 5 aliphatic carbocycles. The van der Waals surface area contributed by atoms with Gasteiger partial charge in [0.1, 0.15) is 84.8 Å². The lowest BCUT2D eigenvalue weighted by Crippen LogP contribution is -2.70. The summed E-state index contributed by atoms with van der Waals surface area (Å²) in [5.74, 6) is -1.82. The number of carbonyl (C=O) groups excluding carboxylic acids is 1. The first-order valence-corrected chi connectivity index (χ1v) is 27.4. The fourth-order valence-corrected chi connectivity index (χ4v) is 16.3. The van der Waals surface area contributed by atoms with Crippen molar-refractivity contribution >= 4 is 5.97 Å². The summed E-state index contributed by atoms with van der Waals surface area (Å²) in [5, 5.41) is 164. The Morgan fingerprint density at radius 2 is 1.25 bits per heavy atom. The molecule has 0 radical (unpaired) electrons. The highest BCUT2D eigenvalue weighted by Gasteiger charge is 2.73. The van der Waals surface area contributed by atoms with Crippen molar-refractivity contribution < 1.29 is 119 Å². The molecule has 8 fully saturated rings. The van der Waals surface area contributed by atoms with Crippen molar-refractivity contribution in [3.63, 3.8) is 0 Å². The van der Waals surface area contributed by atoms with Gasteiger partial charge in [0.05, 0.1) is 50.8 Å². The number of hydrogen-bond acceptors (Lipinski definition) is 24. The monoisotopic (exact) mass is 1110 g/mol. The molecular formula is C53H86O24. The van der Waals surface area contributed by atoms with Crippen LogP contribution in [0.5, 0.6) is 0 Å². The molecule has 0 amide bonds. The maximum atomic E-state index is 15.2. The molecule has 0 aromatic heterocycles. The van der Waals surface area contributed by atoms with Crippen LogP contribution in [0.1, 0.15) is 99.8 Å². The SMILES string of the molecule is C[C@@H]1O[C@@H](O[C@H]2[C@H](OC(=O)[C@]34CCC(C)(C)C[C@H]3C3=CC[C@@H]5[C@@]6(C)C[C@H](O)[C@H](O[C@@H]7O[C@H](CO[C@@H]8O[C@H](CO)[C@@H](O)[C@H](O)[C@H]8O)[C@@H](O)[C@H](O)[C@H]7O)[C@@](C)(CO)[C@@H]6CC[C@@]5(C)[C@]3(C)C[C@H]4O)OC[C@H](O)[C@@H]2O)[C@H](O)[C@H](O)[C@H]1O. The van der Waals surface area contributed by atoms with Crippen molar-refractivity contribution in [2.75, 3.05) is 26.4 Å². The summed E-state index contributed by atoms with van der Waals surface area (Å²) >= 11 is 0. The van der Waals surface area contributed by atoms with Gasteiger partial charge < -0.3 is 114 Å². The lowest BCUT2D eigenvalue weighted by molar-refractivity contribution is -0.355. The van der Waals surface area contributed by atoms with Crippen LogP contribution in [0.25, 0.3) is 0 Å². The number of aliphatic hydroxyl groups is 15. The van der Waals surface area contributed by atoms with Gasteiger partial charge >= 0.3 is 5.97 Å². The quantitative estimate of drug-likeness (QED) is 0.0543. The van der Waals surface area contributed by atoms with Crippen LogP contribution < -0.4 is 0 Å². The van der Waals surface area contributed by atoms with Gasteiger partial charge in [0.25, 0.3) is 0 Å². The molecule has 0 unspecified atom stereocenters. The molecule has 4 saturated carbocycles. The first-order chi connectivity index (χ1) is 36.0. The molecule has 15 N–H and O–H groups in total. The zero-order valence-electron chi connectivity index (χ0n) is 44.9. The maximum Gasteiger partial charge on any atom is 0.317 e. The van der Waals surface area contributed by atoms with E-state index in [2.05, 4.69) is 40.7 Å². The summed E-state index contributed by atoms with van der Waals surface area (Å²) in [7, 11) is 0. The highest BCUT2D eigenvalue weighted by atomic mass is 16.8. The number of hydrogen-bond donors (Lipinski definition) is 15. The van der Waals surface area contributed by atoms with Crippen LogP contribution >= 0.6 is 0 Å². The lowest BCUT2D eigenvalue weighted by Gasteiger charge is -2.72. The molecule has 0 spiro atoms. The van der Waals surface area contributed by atoms with Crippen LogP contribution in [0.15, 0.2) is 11.6 Å². The highest BCUT2D eigenvalue weighted by molar-refractivity contribution is 5.80.